The van der Waals surface area contributed by atoms with E-state index in [0.29, 0.717) is 31.2 Å². The number of ether oxygens (including phenoxy) is 2. The van der Waals surface area contributed by atoms with E-state index in [1.807, 2.05) is 0 Å². The summed E-state index contributed by atoms with van der Waals surface area (Å²) in [5, 5.41) is 7.20. The van der Waals surface area contributed by atoms with Crippen molar-refractivity contribution in [2.45, 2.75) is 4.34 Å². The molecule has 6 nitrogen and oxygen atoms in total. The van der Waals surface area contributed by atoms with E-state index in [4.69, 9.17) is 21.7 Å². The summed E-state index contributed by atoms with van der Waals surface area (Å²) < 4.78 is 26.2. The number of rotatable bonds is 7. The van der Waals surface area contributed by atoms with Crippen molar-refractivity contribution in [1.82, 2.24) is 9.78 Å². The Morgan fingerprint density at radius 2 is 2.00 bits per heavy atom. The fourth-order valence-corrected chi connectivity index (χ4v) is 4.44. The van der Waals surface area contributed by atoms with Gasteiger partial charge in [-0.3, -0.25) is 4.79 Å². The number of aromatic nitrogens is 2. The number of amides is 1. The first-order chi connectivity index (χ1) is 13.5. The molecule has 28 heavy (non-hydrogen) atoms. The van der Waals surface area contributed by atoms with Crippen molar-refractivity contribution in [1.29, 1.82) is 0 Å². The van der Waals surface area contributed by atoms with Crippen LogP contribution in [0.5, 0.6) is 11.5 Å². The molecule has 0 saturated heterocycles. The first-order valence-corrected chi connectivity index (χ1v) is 10.2. The van der Waals surface area contributed by atoms with Crippen LogP contribution in [0.3, 0.4) is 0 Å². The molecular weight excluding hydrogens is 421 g/mol. The molecule has 1 heterocycles. The van der Waals surface area contributed by atoms with E-state index < -0.39 is 0 Å². The molecule has 3 rings (SSSR count). The Morgan fingerprint density at radius 1 is 1.25 bits per heavy atom. The van der Waals surface area contributed by atoms with E-state index in [2.05, 4.69) is 10.4 Å². The number of thioether (sulfide) groups is 1. The van der Waals surface area contributed by atoms with Gasteiger partial charge in [0.25, 0.3) is 0 Å². The number of hydrogen-bond acceptors (Lipinski definition) is 7. The second-order valence-corrected chi connectivity index (χ2v) is 8.27. The molecule has 0 bridgehead atoms. The highest BCUT2D eigenvalue weighted by Gasteiger charge is 2.12. The Bertz CT molecular complexity index is 1030. The Morgan fingerprint density at radius 3 is 2.68 bits per heavy atom. The molecule has 1 aromatic heterocycles. The smallest absolute Gasteiger partial charge is 0.234 e. The number of halogens is 1. The van der Waals surface area contributed by atoms with Gasteiger partial charge in [-0.05, 0) is 48.6 Å². The van der Waals surface area contributed by atoms with Gasteiger partial charge in [-0.2, -0.15) is 0 Å². The number of anilines is 1. The van der Waals surface area contributed by atoms with E-state index in [-0.39, 0.29) is 17.5 Å². The molecule has 1 N–H and O–H groups in total. The van der Waals surface area contributed by atoms with Gasteiger partial charge in [-0.1, -0.05) is 23.1 Å². The highest BCUT2D eigenvalue weighted by atomic mass is 32.2. The van der Waals surface area contributed by atoms with Gasteiger partial charge in [0.15, 0.2) is 8.29 Å². The van der Waals surface area contributed by atoms with Crippen molar-refractivity contribution in [2.24, 2.45) is 0 Å². The SMILES string of the molecule is COc1ccc(NC(=O)CSc2nn(-c3ccc(F)cc3)c(=S)s2)c(OC)c1. The van der Waals surface area contributed by atoms with Crippen LogP contribution in [-0.4, -0.2) is 35.7 Å². The highest BCUT2D eigenvalue weighted by Crippen LogP contribution is 2.30. The van der Waals surface area contributed by atoms with Crippen LogP contribution in [-0.2, 0) is 4.79 Å². The number of benzene rings is 2. The molecule has 0 aliphatic rings. The average Bonchev–Trinajstić information content (AvgIpc) is 3.08. The highest BCUT2D eigenvalue weighted by molar-refractivity contribution is 8.01. The summed E-state index contributed by atoms with van der Waals surface area (Å²) in [7, 11) is 3.08. The minimum absolute atomic E-state index is 0.154. The van der Waals surface area contributed by atoms with Gasteiger partial charge < -0.3 is 14.8 Å². The molecule has 0 atom stereocenters. The molecule has 146 valence electrons. The van der Waals surface area contributed by atoms with Crippen LogP contribution in [0.1, 0.15) is 0 Å². The van der Waals surface area contributed by atoms with Gasteiger partial charge in [-0.25, -0.2) is 9.07 Å². The van der Waals surface area contributed by atoms with Crippen LogP contribution < -0.4 is 14.8 Å². The molecular formula is C18H16FN3O3S3. The van der Waals surface area contributed by atoms with Crippen LogP contribution in [0.4, 0.5) is 10.1 Å². The molecule has 10 heteroatoms. The van der Waals surface area contributed by atoms with Gasteiger partial charge in [0.1, 0.15) is 17.3 Å². The number of hydrogen-bond donors (Lipinski definition) is 1. The predicted octanol–water partition coefficient (Wildman–Crippen LogP) is 4.55. The van der Waals surface area contributed by atoms with Crippen LogP contribution in [0.15, 0.2) is 46.8 Å². The van der Waals surface area contributed by atoms with Gasteiger partial charge >= 0.3 is 0 Å². The van der Waals surface area contributed by atoms with Crippen molar-refractivity contribution in [3.8, 4) is 17.2 Å². The number of carbonyl (C=O) groups is 1. The topological polar surface area (TPSA) is 65.4 Å². The van der Waals surface area contributed by atoms with Crippen molar-refractivity contribution in [3.05, 3.63) is 52.2 Å². The summed E-state index contributed by atoms with van der Waals surface area (Å²) in [5.41, 5.74) is 1.22. The second-order valence-electron chi connectivity index (χ2n) is 5.43. The lowest BCUT2D eigenvalue weighted by molar-refractivity contribution is -0.113. The van der Waals surface area contributed by atoms with Gasteiger partial charge in [0.2, 0.25) is 5.91 Å². The van der Waals surface area contributed by atoms with Crippen LogP contribution in [0.25, 0.3) is 5.69 Å². The van der Waals surface area contributed by atoms with Gasteiger partial charge in [0, 0.05) is 6.07 Å². The van der Waals surface area contributed by atoms with Crippen LogP contribution in [0, 0.1) is 9.77 Å². The second kappa shape index (κ2) is 9.18. The first kappa shape index (κ1) is 20.3. The van der Waals surface area contributed by atoms with Crippen LogP contribution >= 0.6 is 35.3 Å². The fraction of sp³-hybridized carbons (Fsp3) is 0.167. The summed E-state index contributed by atoms with van der Waals surface area (Å²) in [5.74, 6) is 0.763. The number of methoxy groups -OCH3 is 2. The maximum absolute atomic E-state index is 13.1. The number of carbonyl (C=O) groups excluding carboxylic acids is 1. The summed E-state index contributed by atoms with van der Waals surface area (Å²) in [6.45, 7) is 0. The molecule has 1 amide bonds. The summed E-state index contributed by atoms with van der Waals surface area (Å²) >= 11 is 7.87. The van der Waals surface area contributed by atoms with E-state index in [9.17, 15) is 9.18 Å². The van der Waals surface area contributed by atoms with Crippen molar-refractivity contribution in [2.75, 3.05) is 25.3 Å². The maximum Gasteiger partial charge on any atom is 0.234 e. The Labute approximate surface area is 174 Å². The molecule has 0 fully saturated rings. The predicted molar refractivity (Wildman–Crippen MR) is 111 cm³/mol. The Kier molecular flexibility index (Phi) is 6.65. The first-order valence-electron chi connectivity index (χ1n) is 8.01. The zero-order valence-electron chi connectivity index (χ0n) is 15.0. The van der Waals surface area contributed by atoms with Crippen molar-refractivity contribution >= 4 is 46.9 Å². The molecule has 0 aliphatic heterocycles. The van der Waals surface area contributed by atoms with E-state index in [0.717, 1.165) is 0 Å². The zero-order valence-corrected chi connectivity index (χ0v) is 17.4. The number of nitrogens with zero attached hydrogens (tertiary/aromatic N) is 2. The zero-order chi connectivity index (χ0) is 20.1. The molecule has 0 saturated carbocycles. The summed E-state index contributed by atoms with van der Waals surface area (Å²) in [4.78, 5) is 12.3. The lowest BCUT2D eigenvalue weighted by Crippen LogP contribution is -2.14. The minimum Gasteiger partial charge on any atom is -0.497 e. The third-order valence-corrected chi connectivity index (χ3v) is 5.98. The fourth-order valence-electron chi connectivity index (χ4n) is 2.28. The summed E-state index contributed by atoms with van der Waals surface area (Å²) in [6.07, 6.45) is 0. The Hall–Kier alpha value is -2.43. The van der Waals surface area contributed by atoms with E-state index >= 15 is 0 Å². The van der Waals surface area contributed by atoms with Gasteiger partial charge in [-0.15, -0.1) is 5.10 Å². The van der Waals surface area contributed by atoms with E-state index in [1.165, 1.54) is 42.3 Å². The minimum atomic E-state index is -0.328. The Balaban J connectivity index is 1.65. The molecule has 0 spiro atoms. The molecule has 0 radical (unpaired) electrons. The quantitative estimate of drug-likeness (QED) is 0.432. The van der Waals surface area contributed by atoms with Crippen molar-refractivity contribution < 1.29 is 18.7 Å². The standard InChI is InChI=1S/C18H16FN3O3S3/c1-24-13-7-8-14(15(9-13)25-2)20-16(23)10-27-17-21-22(18(26)28-17)12-5-3-11(19)4-6-12/h3-9H,10H2,1-2H3,(H,20,23). The third-order valence-electron chi connectivity index (χ3n) is 3.61. The van der Waals surface area contributed by atoms with E-state index in [1.54, 1.807) is 42.1 Å². The van der Waals surface area contributed by atoms with Crippen molar-refractivity contribution in [3.63, 3.8) is 0 Å². The lowest BCUT2D eigenvalue weighted by atomic mass is 10.2. The normalized spacial score (nSPS) is 10.5. The molecule has 0 unspecified atom stereocenters. The molecule has 3 aromatic rings. The number of nitrogens with one attached hydrogen (secondary N) is 1. The van der Waals surface area contributed by atoms with Gasteiger partial charge in [0.05, 0.1) is 31.3 Å². The largest absolute Gasteiger partial charge is 0.497 e. The lowest BCUT2D eigenvalue weighted by Gasteiger charge is -2.11. The summed E-state index contributed by atoms with van der Waals surface area (Å²) in [6, 6.07) is 11.0. The maximum atomic E-state index is 13.1. The molecule has 2 aromatic carbocycles. The monoisotopic (exact) mass is 437 g/mol. The average molecular weight is 438 g/mol. The molecule has 0 aliphatic carbocycles. The third kappa shape index (κ3) is 4.89. The van der Waals surface area contributed by atoms with Crippen LogP contribution in [0.2, 0.25) is 0 Å².